The molecule has 0 aliphatic heterocycles. The minimum atomic E-state index is -1.29. The van der Waals surface area contributed by atoms with E-state index in [1.807, 2.05) is 0 Å². The lowest BCUT2D eigenvalue weighted by atomic mass is 9.93. The van der Waals surface area contributed by atoms with E-state index in [9.17, 15) is 19.5 Å². The second kappa shape index (κ2) is 7.60. The predicted molar refractivity (Wildman–Crippen MR) is 70.8 cm³/mol. The maximum Gasteiger partial charge on any atom is 0.329 e. The topological polar surface area (TPSA) is 98.7 Å². The highest BCUT2D eigenvalue weighted by Gasteiger charge is 2.37. The molecule has 3 N–H and O–H groups in total. The molecule has 0 rings (SSSR count). The van der Waals surface area contributed by atoms with Crippen molar-refractivity contribution in [2.75, 3.05) is 20.1 Å². The molecule has 7 nitrogen and oxygen atoms in total. The van der Waals surface area contributed by atoms with Gasteiger partial charge in [-0.2, -0.15) is 0 Å². The number of amides is 3. The lowest BCUT2D eigenvalue weighted by molar-refractivity contribution is -0.144. The van der Waals surface area contributed by atoms with Crippen LogP contribution in [0.5, 0.6) is 0 Å². The number of carbonyl (C=O) groups is 3. The van der Waals surface area contributed by atoms with Gasteiger partial charge in [0.2, 0.25) is 5.91 Å². The Labute approximate surface area is 113 Å². The molecule has 0 radical (unpaired) electrons. The first-order valence-corrected chi connectivity index (χ1v) is 6.36. The van der Waals surface area contributed by atoms with E-state index in [-0.39, 0.29) is 25.3 Å². The number of aliphatic carboxylic acids is 1. The number of nitrogens with one attached hydrogen (secondary N) is 2. The third-order valence-corrected chi connectivity index (χ3v) is 3.06. The van der Waals surface area contributed by atoms with Crippen LogP contribution in [0.4, 0.5) is 4.79 Å². The largest absolute Gasteiger partial charge is 0.480 e. The van der Waals surface area contributed by atoms with Crippen LogP contribution < -0.4 is 10.6 Å². The molecule has 110 valence electrons. The summed E-state index contributed by atoms with van der Waals surface area (Å²) in [5.41, 5.74) is -1.29. The molecule has 19 heavy (non-hydrogen) atoms. The Hall–Kier alpha value is -1.79. The van der Waals surface area contributed by atoms with Crippen molar-refractivity contribution in [3.8, 4) is 0 Å². The van der Waals surface area contributed by atoms with E-state index in [4.69, 9.17) is 0 Å². The molecule has 0 saturated heterocycles. The molecule has 3 amide bonds. The molecule has 0 aromatic rings. The molecule has 0 spiro atoms. The van der Waals surface area contributed by atoms with Gasteiger partial charge in [0, 0.05) is 13.6 Å². The number of nitrogens with zero attached hydrogens (tertiary/aromatic N) is 1. The van der Waals surface area contributed by atoms with E-state index in [1.54, 1.807) is 20.8 Å². The summed E-state index contributed by atoms with van der Waals surface area (Å²) in [5.74, 6) is -1.36. The number of carboxylic acids is 1. The van der Waals surface area contributed by atoms with Crippen LogP contribution in [0.25, 0.3) is 0 Å². The van der Waals surface area contributed by atoms with Crippen LogP contribution in [0.3, 0.4) is 0 Å². The zero-order valence-electron chi connectivity index (χ0n) is 11.9. The van der Waals surface area contributed by atoms with Gasteiger partial charge < -0.3 is 20.6 Å². The summed E-state index contributed by atoms with van der Waals surface area (Å²) in [6.07, 6.45) is 0.555. The molecule has 0 aliphatic carbocycles. The zero-order valence-corrected chi connectivity index (χ0v) is 11.9. The highest BCUT2D eigenvalue weighted by Crippen LogP contribution is 2.15. The van der Waals surface area contributed by atoms with Gasteiger partial charge >= 0.3 is 12.0 Å². The van der Waals surface area contributed by atoms with Gasteiger partial charge in [-0.15, -0.1) is 0 Å². The van der Waals surface area contributed by atoms with Crippen LogP contribution in [0, 0.1) is 0 Å². The van der Waals surface area contributed by atoms with Gasteiger partial charge in [0.25, 0.3) is 0 Å². The smallest absolute Gasteiger partial charge is 0.329 e. The maximum absolute atomic E-state index is 11.9. The molecule has 0 aromatic heterocycles. The van der Waals surface area contributed by atoms with Crippen LogP contribution in [-0.2, 0) is 9.59 Å². The number of carboxylic acid groups (broad SMARTS) is 1. The Bertz CT molecular complexity index is 340. The van der Waals surface area contributed by atoms with E-state index >= 15 is 0 Å². The average Bonchev–Trinajstić information content (AvgIpc) is 2.35. The van der Waals surface area contributed by atoms with Crippen molar-refractivity contribution in [3.63, 3.8) is 0 Å². The minimum absolute atomic E-state index is 0.108. The first kappa shape index (κ1) is 17.2. The number of carbonyl (C=O) groups excluding carboxylic acids is 2. The molecule has 7 heteroatoms. The number of hydrogen-bond donors (Lipinski definition) is 3. The SMILES string of the molecule is CCNC(=O)CN(C)C(=O)NC(CC)(CC)C(=O)O. The van der Waals surface area contributed by atoms with Crippen molar-refractivity contribution < 1.29 is 19.5 Å². The lowest BCUT2D eigenvalue weighted by Gasteiger charge is -2.30. The molecular formula is C12H23N3O4. The van der Waals surface area contributed by atoms with Gasteiger partial charge in [0.15, 0.2) is 0 Å². The third-order valence-electron chi connectivity index (χ3n) is 3.06. The van der Waals surface area contributed by atoms with Gasteiger partial charge in [-0.05, 0) is 19.8 Å². The van der Waals surface area contributed by atoms with Crippen LogP contribution in [0.15, 0.2) is 0 Å². The molecule has 0 fully saturated rings. The van der Waals surface area contributed by atoms with Gasteiger partial charge in [-0.3, -0.25) is 4.79 Å². The van der Waals surface area contributed by atoms with E-state index in [0.29, 0.717) is 6.54 Å². The molecule has 0 saturated carbocycles. The highest BCUT2D eigenvalue weighted by atomic mass is 16.4. The number of urea groups is 1. The molecule has 0 aromatic carbocycles. The predicted octanol–water partition coefficient (Wildman–Crippen LogP) is 0.407. The quantitative estimate of drug-likeness (QED) is 0.625. The zero-order chi connectivity index (χ0) is 15.1. The van der Waals surface area contributed by atoms with Crippen molar-refractivity contribution in [2.45, 2.75) is 39.2 Å². The summed E-state index contributed by atoms with van der Waals surface area (Å²) in [6, 6.07) is -0.572. The maximum atomic E-state index is 11.9. The number of rotatable bonds is 7. The third kappa shape index (κ3) is 4.76. The first-order valence-electron chi connectivity index (χ1n) is 6.36. The minimum Gasteiger partial charge on any atom is -0.480 e. The second-order valence-electron chi connectivity index (χ2n) is 4.33. The number of hydrogen-bond acceptors (Lipinski definition) is 3. The van der Waals surface area contributed by atoms with Crippen molar-refractivity contribution in [3.05, 3.63) is 0 Å². The Morgan fingerprint density at radius 1 is 1.16 bits per heavy atom. The molecule has 0 heterocycles. The van der Waals surface area contributed by atoms with Crippen molar-refractivity contribution in [1.82, 2.24) is 15.5 Å². The van der Waals surface area contributed by atoms with Gasteiger partial charge in [0.1, 0.15) is 12.1 Å². The summed E-state index contributed by atoms with van der Waals surface area (Å²) < 4.78 is 0. The Balaban J connectivity index is 4.65. The second-order valence-corrected chi connectivity index (χ2v) is 4.33. The van der Waals surface area contributed by atoms with E-state index in [2.05, 4.69) is 10.6 Å². The van der Waals surface area contributed by atoms with Crippen LogP contribution in [0.2, 0.25) is 0 Å². The van der Waals surface area contributed by atoms with Crippen molar-refractivity contribution in [2.24, 2.45) is 0 Å². The van der Waals surface area contributed by atoms with Crippen molar-refractivity contribution >= 4 is 17.9 Å². The molecule has 0 bridgehead atoms. The summed E-state index contributed by atoms with van der Waals surface area (Å²) in [4.78, 5) is 35.7. The summed E-state index contributed by atoms with van der Waals surface area (Å²) in [5, 5.41) is 14.3. The van der Waals surface area contributed by atoms with Crippen LogP contribution in [-0.4, -0.2) is 53.6 Å². The normalized spacial score (nSPS) is 10.7. The summed E-state index contributed by atoms with van der Waals surface area (Å²) in [7, 11) is 1.45. The monoisotopic (exact) mass is 273 g/mol. The molecule has 0 atom stereocenters. The Kier molecular flexibility index (Phi) is 6.89. The Morgan fingerprint density at radius 3 is 2.05 bits per heavy atom. The van der Waals surface area contributed by atoms with Crippen LogP contribution >= 0.6 is 0 Å². The van der Waals surface area contributed by atoms with Gasteiger partial charge in [0.05, 0.1) is 0 Å². The fourth-order valence-electron chi connectivity index (χ4n) is 1.62. The van der Waals surface area contributed by atoms with Gasteiger partial charge in [-0.25, -0.2) is 9.59 Å². The molecule has 0 unspecified atom stereocenters. The van der Waals surface area contributed by atoms with E-state index in [1.165, 1.54) is 7.05 Å². The Morgan fingerprint density at radius 2 is 1.68 bits per heavy atom. The van der Waals surface area contributed by atoms with Gasteiger partial charge in [-0.1, -0.05) is 13.8 Å². The molecule has 0 aliphatic rings. The van der Waals surface area contributed by atoms with Crippen LogP contribution in [0.1, 0.15) is 33.6 Å². The van der Waals surface area contributed by atoms with E-state index < -0.39 is 17.5 Å². The fourth-order valence-corrected chi connectivity index (χ4v) is 1.62. The lowest BCUT2D eigenvalue weighted by Crippen LogP contribution is -2.57. The first-order chi connectivity index (χ1) is 8.82. The highest BCUT2D eigenvalue weighted by molar-refractivity contribution is 5.88. The summed E-state index contributed by atoms with van der Waals surface area (Å²) in [6.45, 7) is 5.55. The standard InChI is InChI=1S/C12H23N3O4/c1-5-12(6-2,10(17)18)14-11(19)15(4)8-9(16)13-7-3/h5-8H2,1-4H3,(H,13,16)(H,14,19)(H,17,18). The molecular weight excluding hydrogens is 250 g/mol. The number of likely N-dealkylation sites (N-methyl/N-ethyl adjacent to an activating group) is 2. The van der Waals surface area contributed by atoms with Crippen molar-refractivity contribution in [1.29, 1.82) is 0 Å². The fraction of sp³-hybridized carbons (Fsp3) is 0.750. The van der Waals surface area contributed by atoms with E-state index in [0.717, 1.165) is 4.90 Å². The summed E-state index contributed by atoms with van der Waals surface area (Å²) >= 11 is 0. The average molecular weight is 273 g/mol.